The van der Waals surface area contributed by atoms with Crippen LogP contribution >= 0.6 is 12.4 Å². The van der Waals surface area contributed by atoms with E-state index in [2.05, 4.69) is 10.6 Å². The maximum atomic E-state index is 5.39. The molecule has 132 valence electrons. The average molecular weight is 367 g/mol. The van der Waals surface area contributed by atoms with Crippen molar-refractivity contribution in [2.75, 3.05) is 17.2 Å². The third kappa shape index (κ3) is 3.30. The minimum atomic E-state index is 0. The van der Waals surface area contributed by atoms with Crippen LogP contribution in [0.25, 0.3) is 0 Å². The van der Waals surface area contributed by atoms with Gasteiger partial charge in [0, 0.05) is 11.6 Å². The zero-order valence-corrected chi connectivity index (χ0v) is 15.1. The molecule has 0 aliphatic carbocycles. The topological polar surface area (TPSA) is 40.1 Å². The fourth-order valence-corrected chi connectivity index (χ4v) is 2.78. The van der Waals surface area contributed by atoms with Crippen molar-refractivity contribution < 1.29 is 4.74 Å². The normalized spacial score (nSPS) is 12.9. The number of nitrogens with zero attached hydrogens (tertiary/aromatic N) is 3. The number of benzene rings is 3. The Kier molecular flexibility index (Phi) is 5.29. The molecule has 3 aromatic carbocycles. The maximum absolute atomic E-state index is 5.39. The Morgan fingerprint density at radius 3 is 2.15 bits per heavy atom. The predicted octanol–water partition coefficient (Wildman–Crippen LogP) is 4.23. The highest BCUT2D eigenvalue weighted by atomic mass is 35.5. The molecule has 0 unspecified atom stereocenters. The summed E-state index contributed by atoms with van der Waals surface area (Å²) in [6, 6.07) is 28.1. The summed E-state index contributed by atoms with van der Waals surface area (Å²) in [4.78, 5) is 0. The summed E-state index contributed by atoms with van der Waals surface area (Å²) in [5.41, 5.74) is 6.08. The van der Waals surface area contributed by atoms with E-state index in [1.807, 2.05) is 95.1 Å². The van der Waals surface area contributed by atoms with Gasteiger partial charge in [0.15, 0.2) is 5.84 Å². The lowest BCUT2D eigenvalue weighted by molar-refractivity contribution is 0.415. The number of methoxy groups -OCH3 is 1. The van der Waals surface area contributed by atoms with Crippen molar-refractivity contribution in [3.8, 4) is 5.75 Å². The third-order valence-electron chi connectivity index (χ3n) is 3.98. The number of para-hydroxylation sites is 1. The first-order valence-corrected chi connectivity index (χ1v) is 8.05. The summed E-state index contributed by atoms with van der Waals surface area (Å²) in [5.74, 6) is 1.61. The highest BCUT2D eigenvalue weighted by Gasteiger charge is 2.29. The number of rotatable bonds is 4. The molecule has 1 heterocycles. The Labute approximate surface area is 158 Å². The van der Waals surface area contributed by atoms with Gasteiger partial charge >= 0.3 is 0 Å². The van der Waals surface area contributed by atoms with Gasteiger partial charge in [0.25, 0.3) is 0 Å². The minimum Gasteiger partial charge on any atom is -0.497 e. The van der Waals surface area contributed by atoms with Crippen LogP contribution < -0.4 is 20.4 Å². The van der Waals surface area contributed by atoms with E-state index in [1.165, 1.54) is 0 Å². The number of ether oxygens (including phenoxy) is 1. The van der Waals surface area contributed by atoms with Gasteiger partial charge in [-0.3, -0.25) is 0 Å². The lowest BCUT2D eigenvalue weighted by Crippen LogP contribution is -2.46. The molecular formula is C20H19ClN4O. The number of anilines is 2. The van der Waals surface area contributed by atoms with Crippen LogP contribution in [0.2, 0.25) is 0 Å². The van der Waals surface area contributed by atoms with Crippen LogP contribution in [0.1, 0.15) is 5.56 Å². The van der Waals surface area contributed by atoms with Crippen molar-refractivity contribution in [1.29, 1.82) is 0 Å². The smallest absolute Gasteiger partial charge is 0.182 e. The first-order chi connectivity index (χ1) is 12.4. The van der Waals surface area contributed by atoms with E-state index in [0.717, 1.165) is 28.5 Å². The molecule has 0 amide bonds. The van der Waals surface area contributed by atoms with E-state index in [0.29, 0.717) is 0 Å². The van der Waals surface area contributed by atoms with E-state index in [-0.39, 0.29) is 12.4 Å². The predicted molar refractivity (Wildman–Crippen MR) is 108 cm³/mol. The summed E-state index contributed by atoms with van der Waals surface area (Å²) in [6.45, 7) is 0. The molecule has 0 saturated carbocycles. The SMILES string of the molecule is COc1cccc(N2C(c3ccccc3)=NNN2c2ccccc2)c1.Cl. The van der Waals surface area contributed by atoms with Crippen molar-refractivity contribution >= 4 is 29.6 Å². The van der Waals surface area contributed by atoms with Crippen LogP contribution in [0.4, 0.5) is 11.4 Å². The van der Waals surface area contributed by atoms with Crippen molar-refractivity contribution in [1.82, 2.24) is 5.53 Å². The molecule has 0 bridgehead atoms. The number of nitrogens with one attached hydrogen (secondary N) is 1. The van der Waals surface area contributed by atoms with Gasteiger partial charge in [0.1, 0.15) is 5.75 Å². The first-order valence-electron chi connectivity index (χ1n) is 8.05. The largest absolute Gasteiger partial charge is 0.497 e. The number of hydrogen-bond acceptors (Lipinski definition) is 5. The molecule has 1 N–H and O–H groups in total. The number of halogens is 1. The van der Waals surface area contributed by atoms with Gasteiger partial charge in [-0.25, -0.2) is 5.01 Å². The fourth-order valence-electron chi connectivity index (χ4n) is 2.78. The Bertz CT molecular complexity index is 887. The van der Waals surface area contributed by atoms with Crippen LogP contribution in [-0.2, 0) is 0 Å². The van der Waals surface area contributed by atoms with Crippen LogP contribution in [0.3, 0.4) is 0 Å². The molecule has 0 atom stereocenters. The van der Waals surface area contributed by atoms with Gasteiger partial charge in [-0.05, 0) is 24.3 Å². The molecule has 0 spiro atoms. The van der Waals surface area contributed by atoms with Crippen molar-refractivity contribution in [3.63, 3.8) is 0 Å². The van der Waals surface area contributed by atoms with E-state index >= 15 is 0 Å². The van der Waals surface area contributed by atoms with Gasteiger partial charge in [0.2, 0.25) is 0 Å². The molecule has 1 aliphatic rings. The fraction of sp³-hybridized carbons (Fsp3) is 0.0500. The van der Waals surface area contributed by atoms with Crippen molar-refractivity contribution in [2.45, 2.75) is 0 Å². The summed E-state index contributed by atoms with van der Waals surface area (Å²) >= 11 is 0. The Morgan fingerprint density at radius 2 is 1.46 bits per heavy atom. The van der Waals surface area contributed by atoms with Gasteiger partial charge in [-0.1, -0.05) is 54.6 Å². The van der Waals surface area contributed by atoms with Gasteiger partial charge in [0.05, 0.1) is 18.5 Å². The summed E-state index contributed by atoms with van der Waals surface area (Å²) < 4.78 is 5.39. The van der Waals surface area contributed by atoms with E-state index in [4.69, 9.17) is 4.74 Å². The number of amidine groups is 1. The zero-order valence-electron chi connectivity index (χ0n) is 14.2. The maximum Gasteiger partial charge on any atom is 0.182 e. The van der Waals surface area contributed by atoms with E-state index in [1.54, 1.807) is 7.11 Å². The summed E-state index contributed by atoms with van der Waals surface area (Å²) in [7, 11) is 1.67. The van der Waals surface area contributed by atoms with E-state index in [9.17, 15) is 0 Å². The highest BCUT2D eigenvalue weighted by molar-refractivity contribution is 6.12. The molecule has 0 aromatic heterocycles. The Hall–Kier alpha value is -3.18. The Balaban J connectivity index is 0.00000196. The first kappa shape index (κ1) is 17.6. The van der Waals surface area contributed by atoms with Crippen LogP contribution in [0, 0.1) is 0 Å². The second kappa shape index (κ2) is 7.80. The molecule has 4 rings (SSSR count). The van der Waals surface area contributed by atoms with Crippen molar-refractivity contribution in [2.24, 2.45) is 5.10 Å². The van der Waals surface area contributed by atoms with Gasteiger partial charge in [-0.15, -0.1) is 17.5 Å². The second-order valence-corrected chi connectivity index (χ2v) is 5.56. The Morgan fingerprint density at radius 1 is 0.808 bits per heavy atom. The van der Waals surface area contributed by atoms with E-state index < -0.39 is 0 Å². The molecular weight excluding hydrogens is 348 g/mol. The lowest BCUT2D eigenvalue weighted by Gasteiger charge is -2.30. The molecule has 6 heteroatoms. The zero-order chi connectivity index (χ0) is 17.1. The second-order valence-electron chi connectivity index (χ2n) is 5.56. The molecule has 0 radical (unpaired) electrons. The molecule has 5 nitrogen and oxygen atoms in total. The monoisotopic (exact) mass is 366 g/mol. The number of hydrazone groups is 1. The minimum absolute atomic E-state index is 0. The summed E-state index contributed by atoms with van der Waals surface area (Å²) in [5, 5.41) is 8.50. The number of hydrogen-bond donors (Lipinski definition) is 1. The molecule has 0 saturated heterocycles. The standard InChI is InChI=1S/C20H18N4O.ClH/c1-25-19-14-8-13-18(15-19)23-20(16-9-4-2-5-10-16)21-22-24(23)17-11-6-3-7-12-17;/h2-15,22H,1H3;1H. The molecule has 0 fully saturated rings. The number of hydrazine groups is 2. The average Bonchev–Trinajstić information content (AvgIpc) is 3.14. The van der Waals surface area contributed by atoms with Gasteiger partial charge < -0.3 is 4.74 Å². The molecule has 3 aromatic rings. The van der Waals surface area contributed by atoms with Crippen LogP contribution in [0.5, 0.6) is 5.75 Å². The summed E-state index contributed by atoms with van der Waals surface area (Å²) in [6.07, 6.45) is 0. The van der Waals surface area contributed by atoms with Crippen LogP contribution in [0.15, 0.2) is 90.0 Å². The third-order valence-corrected chi connectivity index (χ3v) is 3.98. The molecule has 1 aliphatic heterocycles. The molecule has 26 heavy (non-hydrogen) atoms. The lowest BCUT2D eigenvalue weighted by atomic mass is 10.2. The van der Waals surface area contributed by atoms with Crippen molar-refractivity contribution in [3.05, 3.63) is 90.5 Å². The van der Waals surface area contributed by atoms with Gasteiger partial charge in [-0.2, -0.15) is 10.7 Å². The highest BCUT2D eigenvalue weighted by Crippen LogP contribution is 2.29. The van der Waals surface area contributed by atoms with Crippen LogP contribution in [-0.4, -0.2) is 12.9 Å². The quantitative estimate of drug-likeness (QED) is 0.750.